The fourth-order valence-corrected chi connectivity index (χ4v) is 7.33. The highest BCUT2D eigenvalue weighted by molar-refractivity contribution is 7.24. The van der Waals surface area contributed by atoms with Gasteiger partial charge < -0.3 is 24.7 Å². The molecule has 4 heterocycles. The van der Waals surface area contributed by atoms with Crippen molar-refractivity contribution in [2.45, 2.75) is 13.8 Å². The van der Waals surface area contributed by atoms with Gasteiger partial charge in [0, 0.05) is 30.0 Å². The fraction of sp³-hybridized carbons (Fsp3) is 0.111. The lowest BCUT2D eigenvalue weighted by Crippen LogP contribution is -2.07. The summed E-state index contributed by atoms with van der Waals surface area (Å²) in [4.78, 5) is 44.4. The van der Waals surface area contributed by atoms with Crippen LogP contribution in [-0.2, 0) is 9.47 Å². The van der Waals surface area contributed by atoms with Gasteiger partial charge in [-0.25, -0.2) is 19.6 Å². The predicted octanol–water partition coefficient (Wildman–Crippen LogP) is 8.53. The lowest BCUT2D eigenvalue weighted by atomic mass is 10.3. The van der Waals surface area contributed by atoms with E-state index in [4.69, 9.17) is 24.7 Å². The van der Waals surface area contributed by atoms with Crippen molar-refractivity contribution in [3.63, 3.8) is 0 Å². The molecule has 0 aliphatic carbocycles. The van der Waals surface area contributed by atoms with E-state index >= 15 is 0 Å². The monoisotopic (exact) mass is 736 g/mol. The number of nitrogens with two attached hydrogens (primary N) is 1. The van der Waals surface area contributed by atoms with Crippen molar-refractivity contribution >= 4 is 76.3 Å². The molecule has 0 radical (unpaired) electrons. The summed E-state index contributed by atoms with van der Waals surface area (Å²) in [7, 11) is 0. The third-order valence-corrected chi connectivity index (χ3v) is 9.61. The van der Waals surface area contributed by atoms with E-state index in [1.54, 1.807) is 54.8 Å². The van der Waals surface area contributed by atoms with Gasteiger partial charge in [-0.3, -0.25) is 18.9 Å². The Morgan fingerprint density at radius 3 is 1.54 bits per heavy atom. The molecule has 0 spiro atoms. The Hall–Kier alpha value is -6.52. The normalized spacial score (nSPS) is 11.0. The number of hydrogen-bond acceptors (Lipinski definition) is 13. The Morgan fingerprint density at radius 1 is 0.692 bits per heavy atom. The van der Waals surface area contributed by atoms with Crippen LogP contribution in [0.3, 0.4) is 0 Å². The highest BCUT2D eigenvalue weighted by Crippen LogP contribution is 2.34. The summed E-state index contributed by atoms with van der Waals surface area (Å²) in [6, 6.07) is 24.2. The Morgan fingerprint density at radius 2 is 1.12 bits per heavy atom. The van der Waals surface area contributed by atoms with Crippen LogP contribution in [0.25, 0.3) is 30.4 Å². The van der Waals surface area contributed by atoms with Crippen LogP contribution in [0.4, 0.5) is 11.4 Å². The van der Waals surface area contributed by atoms with Crippen molar-refractivity contribution in [2.24, 2.45) is 0 Å². The molecule has 14 nitrogen and oxygen atoms in total. The van der Waals surface area contributed by atoms with Crippen molar-refractivity contribution in [1.29, 1.82) is 0 Å². The minimum atomic E-state index is -0.460. The second-order valence-corrected chi connectivity index (χ2v) is 13.0. The molecule has 0 bridgehead atoms. The molecule has 4 aromatic heterocycles. The summed E-state index contributed by atoms with van der Waals surface area (Å²) in [6.45, 7) is 4.15. The number of carbonyl (C=O) groups excluding carboxylic acids is 2. The number of rotatable bonds is 9. The van der Waals surface area contributed by atoms with E-state index in [1.807, 2.05) is 46.9 Å². The SMILES string of the molecule is CCOC(=O)c1cnc2sc3cc(Oc4ccc(N)cc4)ccc3n12.CCOC(=O)c1cnc2sc3cc(Oc4ccc([N+](=O)[O-])cc4)ccc3n12. The molecular formula is C36H28N6O8S2. The summed E-state index contributed by atoms with van der Waals surface area (Å²) in [5.41, 5.74) is 8.90. The number of esters is 2. The predicted molar refractivity (Wildman–Crippen MR) is 197 cm³/mol. The number of ether oxygens (including phenoxy) is 4. The Labute approximate surface area is 302 Å². The maximum atomic E-state index is 12.1. The van der Waals surface area contributed by atoms with Crippen LogP contribution in [0.5, 0.6) is 23.0 Å². The van der Waals surface area contributed by atoms with Gasteiger partial charge in [0.1, 0.15) is 23.0 Å². The van der Waals surface area contributed by atoms with E-state index in [-0.39, 0.29) is 11.7 Å². The number of benzene rings is 4. The lowest BCUT2D eigenvalue weighted by Gasteiger charge is -2.06. The smallest absolute Gasteiger partial charge is 0.357 e. The van der Waals surface area contributed by atoms with E-state index in [0.717, 1.165) is 25.4 Å². The Kier molecular flexibility index (Phi) is 9.39. The number of hydrogen-bond donors (Lipinski definition) is 1. The molecule has 2 N–H and O–H groups in total. The van der Waals surface area contributed by atoms with E-state index in [1.165, 1.54) is 41.0 Å². The van der Waals surface area contributed by atoms with Crippen LogP contribution in [-0.4, -0.2) is 48.8 Å². The minimum absolute atomic E-state index is 0.00350. The number of fused-ring (bicyclic) bond motifs is 6. The van der Waals surface area contributed by atoms with Gasteiger partial charge in [0.15, 0.2) is 21.3 Å². The highest BCUT2D eigenvalue weighted by Gasteiger charge is 2.19. The molecule has 16 heteroatoms. The number of nitro groups is 1. The molecule has 262 valence electrons. The average Bonchev–Trinajstić information content (AvgIpc) is 3.90. The van der Waals surface area contributed by atoms with Crippen molar-refractivity contribution in [1.82, 2.24) is 18.8 Å². The van der Waals surface area contributed by atoms with E-state index in [2.05, 4.69) is 9.97 Å². The van der Waals surface area contributed by atoms with Crippen LogP contribution in [0.2, 0.25) is 0 Å². The summed E-state index contributed by atoms with van der Waals surface area (Å²) < 4.78 is 27.2. The topological polar surface area (TPSA) is 175 Å². The molecule has 4 aromatic carbocycles. The Bertz CT molecular complexity index is 2590. The van der Waals surface area contributed by atoms with Crippen LogP contribution in [0.15, 0.2) is 97.3 Å². The van der Waals surface area contributed by atoms with Gasteiger partial charge in [-0.05, 0) is 74.5 Å². The van der Waals surface area contributed by atoms with Crippen molar-refractivity contribution in [2.75, 3.05) is 18.9 Å². The average molecular weight is 737 g/mol. The fourth-order valence-electron chi connectivity index (χ4n) is 5.27. The van der Waals surface area contributed by atoms with Gasteiger partial charge in [-0.1, -0.05) is 22.7 Å². The summed E-state index contributed by atoms with van der Waals surface area (Å²) in [5.74, 6) is 1.70. The van der Waals surface area contributed by atoms with Crippen LogP contribution in [0.1, 0.15) is 34.8 Å². The lowest BCUT2D eigenvalue weighted by molar-refractivity contribution is -0.384. The molecule has 0 saturated carbocycles. The number of nitrogen functional groups attached to an aromatic ring is 1. The maximum Gasteiger partial charge on any atom is 0.357 e. The number of carbonyl (C=O) groups is 2. The molecule has 0 saturated heterocycles. The van der Waals surface area contributed by atoms with Gasteiger partial charge in [0.05, 0.1) is 51.0 Å². The van der Waals surface area contributed by atoms with Gasteiger partial charge in [0.25, 0.3) is 5.69 Å². The molecule has 52 heavy (non-hydrogen) atoms. The van der Waals surface area contributed by atoms with Crippen LogP contribution in [0, 0.1) is 10.1 Å². The molecule has 0 aliphatic heterocycles. The third kappa shape index (κ3) is 6.79. The first-order chi connectivity index (χ1) is 25.2. The van der Waals surface area contributed by atoms with Gasteiger partial charge in [-0.15, -0.1) is 0 Å². The maximum absolute atomic E-state index is 12.1. The number of non-ortho nitro benzene ring substituents is 1. The highest BCUT2D eigenvalue weighted by atomic mass is 32.1. The first-order valence-electron chi connectivity index (χ1n) is 15.8. The number of nitrogens with zero attached hydrogens (tertiary/aromatic N) is 5. The number of aromatic nitrogens is 4. The summed E-state index contributed by atoms with van der Waals surface area (Å²) in [6.07, 6.45) is 3.05. The zero-order valence-electron chi connectivity index (χ0n) is 27.5. The molecule has 0 amide bonds. The summed E-state index contributed by atoms with van der Waals surface area (Å²) >= 11 is 2.91. The quantitative estimate of drug-likeness (QED) is 0.0651. The molecule has 8 aromatic rings. The summed E-state index contributed by atoms with van der Waals surface area (Å²) in [5, 5.41) is 10.7. The van der Waals surface area contributed by atoms with E-state index in [0.29, 0.717) is 58.2 Å². The molecule has 8 rings (SSSR count). The van der Waals surface area contributed by atoms with E-state index < -0.39 is 10.9 Å². The second-order valence-electron chi connectivity index (χ2n) is 11.0. The van der Waals surface area contributed by atoms with Gasteiger partial charge in [0.2, 0.25) is 0 Å². The van der Waals surface area contributed by atoms with Gasteiger partial charge in [-0.2, -0.15) is 0 Å². The number of imidazole rings is 2. The molecule has 0 fully saturated rings. The molecule has 0 unspecified atom stereocenters. The zero-order valence-corrected chi connectivity index (χ0v) is 29.2. The number of nitro benzene ring substituents is 1. The standard InChI is InChI=1S/C18H13N3O5S.C18H15N3O3S/c1-2-25-17(22)15-10-19-18-20(15)14-8-7-13(9-16(14)27-18)26-12-5-3-11(4-6-12)21(23)24;1-2-23-17(22)15-10-20-18-21(15)14-8-7-13(9-16(14)25-18)24-12-5-3-11(19)4-6-12/h3-10H,2H2,1H3;3-10H,2,19H2,1H3. The zero-order chi connectivity index (χ0) is 36.4. The second kappa shape index (κ2) is 14.4. The van der Waals surface area contributed by atoms with E-state index in [9.17, 15) is 19.7 Å². The van der Waals surface area contributed by atoms with Crippen LogP contribution < -0.4 is 15.2 Å². The largest absolute Gasteiger partial charge is 0.461 e. The minimum Gasteiger partial charge on any atom is -0.461 e. The van der Waals surface area contributed by atoms with Crippen molar-refractivity contribution < 1.29 is 33.5 Å². The molecule has 0 atom stereocenters. The third-order valence-electron chi connectivity index (χ3n) is 7.57. The molecular weight excluding hydrogens is 709 g/mol. The number of anilines is 1. The van der Waals surface area contributed by atoms with Gasteiger partial charge >= 0.3 is 11.9 Å². The van der Waals surface area contributed by atoms with Crippen molar-refractivity contribution in [3.05, 3.63) is 119 Å². The Balaban J connectivity index is 0.000000162. The first kappa shape index (κ1) is 34.0. The first-order valence-corrected chi connectivity index (χ1v) is 17.5. The van der Waals surface area contributed by atoms with Crippen molar-refractivity contribution in [3.8, 4) is 23.0 Å². The molecule has 0 aliphatic rings. The van der Waals surface area contributed by atoms with Crippen LogP contribution >= 0.6 is 22.7 Å². The number of thiazole rings is 2.